The van der Waals surface area contributed by atoms with E-state index in [1.165, 1.54) is 45.2 Å². The zero-order valence-electron chi connectivity index (χ0n) is 12.3. The van der Waals surface area contributed by atoms with Crippen molar-refractivity contribution >= 4 is 0 Å². The molecule has 1 fully saturated rings. The number of hydrogen-bond acceptors (Lipinski definition) is 3. The molecule has 0 amide bonds. The lowest BCUT2D eigenvalue weighted by Gasteiger charge is -2.35. The third-order valence-electron chi connectivity index (χ3n) is 4.03. The summed E-state index contributed by atoms with van der Waals surface area (Å²) in [6.07, 6.45) is 7.67. The summed E-state index contributed by atoms with van der Waals surface area (Å²) in [6, 6.07) is 2.93. The van der Waals surface area contributed by atoms with Gasteiger partial charge in [-0.3, -0.25) is 5.32 Å². The summed E-state index contributed by atoms with van der Waals surface area (Å²) >= 11 is 0. The number of rotatable bonds is 5. The predicted molar refractivity (Wildman–Crippen MR) is 76.4 cm³/mol. The van der Waals surface area contributed by atoms with Crippen LogP contribution in [0.4, 0.5) is 0 Å². The first-order chi connectivity index (χ1) is 8.61. The molecule has 1 saturated heterocycles. The van der Waals surface area contributed by atoms with Crippen LogP contribution in [0.2, 0.25) is 0 Å². The quantitative estimate of drug-likeness (QED) is 0.816. The molecule has 0 aromatic heterocycles. The summed E-state index contributed by atoms with van der Waals surface area (Å²) in [5, 5.41) is 12.7. The molecule has 0 radical (unpaired) electrons. The van der Waals surface area contributed by atoms with Crippen molar-refractivity contribution in [1.29, 1.82) is 5.26 Å². The van der Waals surface area contributed by atoms with Crippen LogP contribution in [-0.4, -0.2) is 36.1 Å². The molecule has 18 heavy (non-hydrogen) atoms. The molecule has 0 saturated carbocycles. The Bertz CT molecular complexity index is 263. The summed E-state index contributed by atoms with van der Waals surface area (Å²) in [5.74, 6) is 0. The maximum atomic E-state index is 9.33. The van der Waals surface area contributed by atoms with Crippen molar-refractivity contribution in [3.05, 3.63) is 0 Å². The molecule has 104 valence electrons. The van der Waals surface area contributed by atoms with Gasteiger partial charge in [0.1, 0.15) is 5.54 Å². The van der Waals surface area contributed by atoms with E-state index in [9.17, 15) is 5.26 Å². The molecule has 1 N–H and O–H groups in total. The number of likely N-dealkylation sites (tertiary alicyclic amines) is 1. The molecule has 1 aliphatic heterocycles. The first-order valence-electron chi connectivity index (χ1n) is 7.51. The average Bonchev–Trinajstić information content (AvgIpc) is 2.28. The van der Waals surface area contributed by atoms with Crippen molar-refractivity contribution in [2.45, 2.75) is 70.9 Å². The monoisotopic (exact) mass is 251 g/mol. The Balaban J connectivity index is 2.51. The van der Waals surface area contributed by atoms with E-state index in [1.807, 2.05) is 6.92 Å². The van der Waals surface area contributed by atoms with Crippen molar-refractivity contribution in [2.75, 3.05) is 19.6 Å². The van der Waals surface area contributed by atoms with Gasteiger partial charge in [-0.25, -0.2) is 0 Å². The average molecular weight is 251 g/mol. The van der Waals surface area contributed by atoms with Crippen LogP contribution in [0.15, 0.2) is 0 Å². The first-order valence-corrected chi connectivity index (χ1v) is 7.51. The Morgan fingerprint density at radius 3 is 2.28 bits per heavy atom. The highest BCUT2D eigenvalue weighted by Gasteiger charge is 2.27. The van der Waals surface area contributed by atoms with Gasteiger partial charge in [-0.1, -0.05) is 26.2 Å². The molecule has 1 heterocycles. The van der Waals surface area contributed by atoms with Gasteiger partial charge in [-0.15, -0.1) is 0 Å². The van der Waals surface area contributed by atoms with Gasteiger partial charge in [0, 0.05) is 6.04 Å². The molecule has 0 aromatic carbocycles. The Morgan fingerprint density at radius 1 is 1.22 bits per heavy atom. The molecular weight excluding hydrogens is 222 g/mol. The van der Waals surface area contributed by atoms with Crippen LogP contribution in [0.1, 0.15) is 59.3 Å². The van der Waals surface area contributed by atoms with Gasteiger partial charge >= 0.3 is 0 Å². The predicted octanol–water partition coefficient (Wildman–Crippen LogP) is 2.92. The van der Waals surface area contributed by atoms with Gasteiger partial charge in [-0.05, 0) is 52.7 Å². The molecular formula is C15H29N3. The summed E-state index contributed by atoms with van der Waals surface area (Å²) in [7, 11) is 0. The highest BCUT2D eigenvalue weighted by Crippen LogP contribution is 2.19. The summed E-state index contributed by atoms with van der Waals surface area (Å²) < 4.78 is 0. The molecule has 2 atom stereocenters. The zero-order valence-corrected chi connectivity index (χ0v) is 12.3. The molecule has 0 bridgehead atoms. The molecule has 0 aromatic rings. The van der Waals surface area contributed by atoms with Crippen LogP contribution in [-0.2, 0) is 0 Å². The minimum absolute atomic E-state index is 0.378. The Labute approximate surface area is 113 Å². The second-order valence-corrected chi connectivity index (χ2v) is 5.83. The van der Waals surface area contributed by atoms with E-state index in [2.05, 4.69) is 30.1 Å². The fourth-order valence-electron chi connectivity index (χ4n) is 2.98. The smallest absolute Gasteiger partial charge is 0.105 e. The first kappa shape index (κ1) is 15.5. The van der Waals surface area contributed by atoms with Crippen LogP contribution in [0.25, 0.3) is 0 Å². The number of nitriles is 1. The van der Waals surface area contributed by atoms with E-state index >= 15 is 0 Å². The molecule has 3 nitrogen and oxygen atoms in total. The van der Waals surface area contributed by atoms with E-state index in [-0.39, 0.29) is 5.54 Å². The van der Waals surface area contributed by atoms with Gasteiger partial charge in [0.25, 0.3) is 0 Å². The minimum atomic E-state index is -0.378. The molecule has 2 unspecified atom stereocenters. The summed E-state index contributed by atoms with van der Waals surface area (Å²) in [5.41, 5.74) is -0.378. The maximum absolute atomic E-state index is 9.33. The third kappa shape index (κ3) is 4.96. The lowest BCUT2D eigenvalue weighted by Crippen LogP contribution is -2.47. The van der Waals surface area contributed by atoms with Crippen LogP contribution >= 0.6 is 0 Å². The maximum Gasteiger partial charge on any atom is 0.105 e. The van der Waals surface area contributed by atoms with Crippen LogP contribution in [0.3, 0.4) is 0 Å². The number of hydrogen-bond donors (Lipinski definition) is 1. The second-order valence-electron chi connectivity index (χ2n) is 5.83. The van der Waals surface area contributed by atoms with E-state index in [4.69, 9.17) is 0 Å². The topological polar surface area (TPSA) is 39.1 Å². The fraction of sp³-hybridized carbons (Fsp3) is 0.933. The standard InChI is InChI=1S/C15H29N3/c1-4-17-15(3,13-16)12-14(2)18-10-8-6-5-7-9-11-18/h14,17H,4-12H2,1-3H3. The van der Waals surface area contributed by atoms with E-state index in [0.29, 0.717) is 6.04 Å². The van der Waals surface area contributed by atoms with E-state index in [1.54, 1.807) is 0 Å². The summed E-state index contributed by atoms with van der Waals surface area (Å²) in [4.78, 5) is 2.58. The number of nitrogens with one attached hydrogen (secondary N) is 1. The van der Waals surface area contributed by atoms with Crippen molar-refractivity contribution < 1.29 is 0 Å². The van der Waals surface area contributed by atoms with Gasteiger partial charge in [0.05, 0.1) is 6.07 Å². The zero-order chi connectivity index (χ0) is 13.4. The molecule has 1 aliphatic rings. The number of nitrogens with zero attached hydrogens (tertiary/aromatic N) is 2. The van der Waals surface area contributed by atoms with Gasteiger partial charge in [0.2, 0.25) is 0 Å². The highest BCUT2D eigenvalue weighted by molar-refractivity contribution is 5.05. The van der Waals surface area contributed by atoms with Crippen molar-refractivity contribution in [3.63, 3.8) is 0 Å². The van der Waals surface area contributed by atoms with E-state index in [0.717, 1.165) is 13.0 Å². The fourth-order valence-corrected chi connectivity index (χ4v) is 2.98. The minimum Gasteiger partial charge on any atom is -0.301 e. The van der Waals surface area contributed by atoms with Crippen LogP contribution in [0.5, 0.6) is 0 Å². The molecule has 0 aliphatic carbocycles. The lowest BCUT2D eigenvalue weighted by atomic mass is 9.93. The van der Waals surface area contributed by atoms with Crippen molar-refractivity contribution in [2.24, 2.45) is 0 Å². The molecule has 3 heteroatoms. The van der Waals surface area contributed by atoms with Crippen molar-refractivity contribution in [1.82, 2.24) is 10.2 Å². The Morgan fingerprint density at radius 2 is 1.78 bits per heavy atom. The van der Waals surface area contributed by atoms with Crippen LogP contribution < -0.4 is 5.32 Å². The van der Waals surface area contributed by atoms with Crippen molar-refractivity contribution in [3.8, 4) is 6.07 Å². The van der Waals surface area contributed by atoms with Crippen LogP contribution in [0, 0.1) is 11.3 Å². The normalized spacial score (nSPS) is 23.4. The SMILES string of the molecule is CCNC(C)(C#N)CC(C)N1CCCCCCC1. The molecule has 1 rings (SSSR count). The largest absolute Gasteiger partial charge is 0.301 e. The highest BCUT2D eigenvalue weighted by atomic mass is 15.2. The Kier molecular flexibility index (Phi) is 6.67. The van der Waals surface area contributed by atoms with Gasteiger partial charge in [0.15, 0.2) is 0 Å². The lowest BCUT2D eigenvalue weighted by molar-refractivity contribution is 0.163. The third-order valence-corrected chi connectivity index (χ3v) is 4.03. The van der Waals surface area contributed by atoms with E-state index < -0.39 is 0 Å². The van der Waals surface area contributed by atoms with Gasteiger partial charge in [-0.2, -0.15) is 5.26 Å². The molecule has 0 spiro atoms. The second kappa shape index (κ2) is 7.76. The Hall–Kier alpha value is -0.590. The van der Waals surface area contributed by atoms with Gasteiger partial charge < -0.3 is 4.90 Å². The summed E-state index contributed by atoms with van der Waals surface area (Å²) in [6.45, 7) is 9.63.